The lowest BCUT2D eigenvalue weighted by atomic mass is 10.2. The first-order valence-electron chi connectivity index (χ1n) is 5.46. The zero-order chi connectivity index (χ0) is 14.5. The van der Waals surface area contributed by atoms with E-state index in [9.17, 15) is 13.2 Å². The highest BCUT2D eigenvalue weighted by molar-refractivity contribution is 9.10. The maximum absolute atomic E-state index is 12.1. The summed E-state index contributed by atoms with van der Waals surface area (Å²) in [7, 11) is 0. The summed E-state index contributed by atoms with van der Waals surface area (Å²) in [6, 6.07) is 6.42. The molecular weight excluding hydrogens is 325 g/mol. The Labute approximate surface area is 117 Å². The summed E-state index contributed by atoms with van der Waals surface area (Å²) < 4.78 is 40.3. The predicted molar refractivity (Wildman–Crippen MR) is 67.3 cm³/mol. The number of alkyl halides is 3. The fourth-order valence-electron chi connectivity index (χ4n) is 1.34. The van der Waals surface area contributed by atoms with Crippen molar-refractivity contribution in [3.8, 4) is 11.8 Å². The van der Waals surface area contributed by atoms with E-state index in [1.165, 1.54) is 12.1 Å². The van der Waals surface area contributed by atoms with Crippen LogP contribution in [0, 0.1) is 17.2 Å². The summed E-state index contributed by atoms with van der Waals surface area (Å²) in [4.78, 5) is 0. The Hall–Kier alpha value is -1.26. The summed E-state index contributed by atoms with van der Waals surface area (Å²) in [5, 5.41) is 11.6. The van der Waals surface area contributed by atoms with Crippen LogP contribution in [0.25, 0.3) is 0 Å². The largest absolute Gasteiger partial charge is 0.573 e. The Morgan fingerprint density at radius 2 is 2.16 bits per heavy atom. The van der Waals surface area contributed by atoms with Crippen LogP contribution in [0.3, 0.4) is 0 Å². The molecule has 7 heteroatoms. The molecule has 0 aliphatic carbocycles. The summed E-state index contributed by atoms with van der Waals surface area (Å²) in [5.41, 5.74) is 0.798. The van der Waals surface area contributed by atoms with E-state index in [0.29, 0.717) is 13.1 Å². The van der Waals surface area contributed by atoms with E-state index in [2.05, 4.69) is 32.1 Å². The third kappa shape index (κ3) is 5.94. The van der Waals surface area contributed by atoms with Crippen molar-refractivity contribution in [1.82, 2.24) is 5.32 Å². The van der Waals surface area contributed by atoms with Crippen molar-refractivity contribution in [3.63, 3.8) is 0 Å². The van der Waals surface area contributed by atoms with Crippen LogP contribution in [0.15, 0.2) is 22.7 Å². The van der Waals surface area contributed by atoms with Crippen LogP contribution < -0.4 is 10.1 Å². The average molecular weight is 337 g/mol. The average Bonchev–Trinajstić information content (AvgIpc) is 2.31. The fraction of sp³-hybridized carbons (Fsp3) is 0.417. The van der Waals surface area contributed by atoms with Gasteiger partial charge in [-0.2, -0.15) is 5.26 Å². The molecule has 1 N–H and O–H groups in total. The normalized spacial score (nSPS) is 12.8. The molecule has 0 heterocycles. The second kappa shape index (κ2) is 6.78. The van der Waals surface area contributed by atoms with Crippen molar-refractivity contribution in [2.75, 3.05) is 6.54 Å². The minimum Gasteiger partial charge on any atom is -0.405 e. The number of hydrogen-bond acceptors (Lipinski definition) is 3. The van der Waals surface area contributed by atoms with Gasteiger partial charge in [-0.15, -0.1) is 13.2 Å². The Kier molecular flexibility index (Phi) is 5.63. The number of hydrogen-bond donors (Lipinski definition) is 1. The van der Waals surface area contributed by atoms with Gasteiger partial charge in [-0.1, -0.05) is 6.07 Å². The van der Waals surface area contributed by atoms with Gasteiger partial charge in [-0.05, 0) is 40.5 Å². The number of ether oxygens (including phenoxy) is 1. The van der Waals surface area contributed by atoms with Crippen LogP contribution in [-0.4, -0.2) is 12.9 Å². The van der Waals surface area contributed by atoms with Crippen LogP contribution in [0.5, 0.6) is 5.75 Å². The first-order chi connectivity index (χ1) is 8.81. The van der Waals surface area contributed by atoms with Gasteiger partial charge >= 0.3 is 6.36 Å². The van der Waals surface area contributed by atoms with E-state index in [0.717, 1.165) is 5.56 Å². The van der Waals surface area contributed by atoms with Crippen LogP contribution in [0.2, 0.25) is 0 Å². The molecule has 0 aromatic heterocycles. The summed E-state index contributed by atoms with van der Waals surface area (Å²) in [6.45, 7) is 2.77. The Balaban J connectivity index is 2.60. The molecule has 1 aromatic rings. The molecule has 0 aliphatic heterocycles. The lowest BCUT2D eigenvalue weighted by Crippen LogP contribution is -2.20. The molecule has 0 spiro atoms. The molecule has 0 fully saturated rings. The highest BCUT2D eigenvalue weighted by Gasteiger charge is 2.31. The highest BCUT2D eigenvalue weighted by Crippen LogP contribution is 2.30. The smallest absolute Gasteiger partial charge is 0.405 e. The molecule has 1 rings (SSSR count). The van der Waals surface area contributed by atoms with Gasteiger partial charge in [0.1, 0.15) is 5.75 Å². The van der Waals surface area contributed by atoms with Gasteiger partial charge < -0.3 is 10.1 Å². The molecule has 3 nitrogen and oxygen atoms in total. The van der Waals surface area contributed by atoms with Gasteiger partial charge in [-0.25, -0.2) is 0 Å². The first-order valence-corrected chi connectivity index (χ1v) is 6.25. The Bertz CT molecular complexity index is 471. The first kappa shape index (κ1) is 15.8. The SMILES string of the molecule is CC(C#N)CNCc1ccc(OC(F)(F)F)c(Br)c1. The number of nitrogens with one attached hydrogen (secondary N) is 1. The van der Waals surface area contributed by atoms with Gasteiger partial charge in [0.25, 0.3) is 0 Å². The van der Waals surface area contributed by atoms with Crippen molar-refractivity contribution < 1.29 is 17.9 Å². The van der Waals surface area contributed by atoms with Gasteiger partial charge in [-0.3, -0.25) is 0 Å². The molecule has 104 valence electrons. The number of halogens is 4. The van der Waals surface area contributed by atoms with Crippen molar-refractivity contribution in [1.29, 1.82) is 5.26 Å². The van der Waals surface area contributed by atoms with Crippen LogP contribution in [0.4, 0.5) is 13.2 Å². The quantitative estimate of drug-likeness (QED) is 0.893. The van der Waals surface area contributed by atoms with Crippen LogP contribution >= 0.6 is 15.9 Å². The van der Waals surface area contributed by atoms with Crippen molar-refractivity contribution in [3.05, 3.63) is 28.2 Å². The van der Waals surface area contributed by atoms with Crippen LogP contribution in [0.1, 0.15) is 12.5 Å². The lowest BCUT2D eigenvalue weighted by molar-refractivity contribution is -0.274. The number of nitrogens with zero attached hydrogens (tertiary/aromatic N) is 1. The maximum Gasteiger partial charge on any atom is 0.573 e. The van der Waals surface area contributed by atoms with E-state index in [4.69, 9.17) is 5.26 Å². The zero-order valence-corrected chi connectivity index (χ0v) is 11.7. The van der Waals surface area contributed by atoms with Crippen LogP contribution in [-0.2, 0) is 6.54 Å². The molecule has 0 amide bonds. The lowest BCUT2D eigenvalue weighted by Gasteiger charge is -2.12. The molecular formula is C12H12BrF3N2O. The molecule has 1 unspecified atom stereocenters. The Morgan fingerprint density at radius 1 is 1.47 bits per heavy atom. The molecule has 0 aliphatic rings. The van der Waals surface area contributed by atoms with Gasteiger partial charge in [0.2, 0.25) is 0 Å². The molecule has 0 bridgehead atoms. The number of nitriles is 1. The minimum absolute atomic E-state index is 0.115. The number of benzene rings is 1. The van der Waals surface area contributed by atoms with E-state index in [1.807, 2.05) is 0 Å². The summed E-state index contributed by atoms with van der Waals surface area (Å²) >= 11 is 3.03. The summed E-state index contributed by atoms with van der Waals surface area (Å²) in [6.07, 6.45) is -4.70. The van der Waals surface area contributed by atoms with E-state index in [1.54, 1.807) is 13.0 Å². The zero-order valence-electron chi connectivity index (χ0n) is 10.1. The third-order valence-electron chi connectivity index (χ3n) is 2.22. The molecule has 0 saturated carbocycles. The second-order valence-electron chi connectivity index (χ2n) is 3.97. The minimum atomic E-state index is -4.70. The molecule has 1 aromatic carbocycles. The third-order valence-corrected chi connectivity index (χ3v) is 2.84. The maximum atomic E-state index is 12.1. The monoisotopic (exact) mass is 336 g/mol. The van der Waals surface area contributed by atoms with Gasteiger partial charge in [0, 0.05) is 13.1 Å². The van der Waals surface area contributed by atoms with Gasteiger partial charge in [0.05, 0.1) is 16.5 Å². The molecule has 19 heavy (non-hydrogen) atoms. The fourth-order valence-corrected chi connectivity index (χ4v) is 1.85. The van der Waals surface area contributed by atoms with Gasteiger partial charge in [0.15, 0.2) is 0 Å². The predicted octanol–water partition coefficient (Wildman–Crippen LogP) is 3.60. The molecule has 0 radical (unpaired) electrons. The standard InChI is InChI=1S/C12H12BrF3N2O/c1-8(5-17)6-18-7-9-2-3-11(10(13)4-9)19-12(14,15)16/h2-4,8,18H,6-7H2,1H3. The number of rotatable bonds is 5. The topological polar surface area (TPSA) is 45.0 Å². The second-order valence-corrected chi connectivity index (χ2v) is 4.83. The Morgan fingerprint density at radius 3 is 2.68 bits per heavy atom. The van der Waals surface area contributed by atoms with E-state index in [-0.39, 0.29) is 16.1 Å². The van der Waals surface area contributed by atoms with E-state index >= 15 is 0 Å². The van der Waals surface area contributed by atoms with Crippen molar-refractivity contribution in [2.45, 2.75) is 19.8 Å². The van der Waals surface area contributed by atoms with E-state index < -0.39 is 6.36 Å². The van der Waals surface area contributed by atoms with Crippen molar-refractivity contribution in [2.24, 2.45) is 5.92 Å². The van der Waals surface area contributed by atoms with Crippen molar-refractivity contribution >= 4 is 15.9 Å². The highest BCUT2D eigenvalue weighted by atomic mass is 79.9. The summed E-state index contributed by atoms with van der Waals surface area (Å²) in [5.74, 6) is -0.391. The molecule has 1 atom stereocenters. The molecule has 0 saturated heterocycles.